The predicted octanol–water partition coefficient (Wildman–Crippen LogP) is 1.79. The minimum Gasteiger partial charge on any atom is -0.338 e. The van der Waals surface area contributed by atoms with Crippen LogP contribution in [0.2, 0.25) is 10.0 Å². The van der Waals surface area contributed by atoms with Crippen LogP contribution in [0.4, 0.5) is 0 Å². The van der Waals surface area contributed by atoms with Crippen LogP contribution in [0.3, 0.4) is 0 Å². The van der Waals surface area contributed by atoms with Gasteiger partial charge in [0.25, 0.3) is 5.91 Å². The average molecular weight is 370 g/mol. The highest BCUT2D eigenvalue weighted by Crippen LogP contribution is 2.26. The van der Waals surface area contributed by atoms with Crippen LogP contribution in [0.5, 0.6) is 0 Å². The molecule has 1 aromatic heterocycles. The molecule has 2 aromatic rings. The summed E-state index contributed by atoms with van der Waals surface area (Å²) in [4.78, 5) is 20.7. The number of carbonyl (C=O) groups is 1. The van der Waals surface area contributed by atoms with Crippen LogP contribution >= 0.6 is 23.2 Å². The van der Waals surface area contributed by atoms with Gasteiger partial charge in [0.15, 0.2) is 5.82 Å². The number of amides is 1. The molecule has 2 heterocycles. The molecular formula is C15H17Cl2N5O2. The Morgan fingerprint density at radius 1 is 1.25 bits per heavy atom. The molecule has 1 amide bonds. The van der Waals surface area contributed by atoms with Crippen molar-refractivity contribution in [2.45, 2.75) is 13.1 Å². The summed E-state index contributed by atoms with van der Waals surface area (Å²) in [6.45, 7) is 3.44. The van der Waals surface area contributed by atoms with Gasteiger partial charge < -0.3 is 15.2 Å². The van der Waals surface area contributed by atoms with E-state index in [1.54, 1.807) is 23.1 Å². The van der Waals surface area contributed by atoms with E-state index in [-0.39, 0.29) is 12.5 Å². The van der Waals surface area contributed by atoms with E-state index in [9.17, 15) is 4.79 Å². The number of hydrogen-bond donors (Lipinski definition) is 1. The lowest BCUT2D eigenvalue weighted by Crippen LogP contribution is -2.48. The van der Waals surface area contributed by atoms with Crippen molar-refractivity contribution in [3.8, 4) is 0 Å². The van der Waals surface area contributed by atoms with E-state index in [4.69, 9.17) is 33.5 Å². The maximum Gasteiger partial charge on any atom is 0.255 e. The number of nitrogens with two attached hydrogens (primary N) is 1. The number of piperazine rings is 1. The van der Waals surface area contributed by atoms with Gasteiger partial charge >= 0.3 is 0 Å². The molecule has 9 heteroatoms. The smallest absolute Gasteiger partial charge is 0.255 e. The summed E-state index contributed by atoms with van der Waals surface area (Å²) in [5.74, 6) is 0.926. The summed E-state index contributed by atoms with van der Waals surface area (Å²) in [6, 6.07) is 5.08. The highest BCUT2D eigenvalue weighted by molar-refractivity contribution is 6.43. The maximum atomic E-state index is 12.6. The molecule has 1 aliphatic rings. The Hall–Kier alpha value is -1.67. The lowest BCUT2D eigenvalue weighted by Gasteiger charge is -2.34. The molecule has 0 atom stereocenters. The fourth-order valence-corrected chi connectivity index (χ4v) is 2.97. The molecule has 2 N–H and O–H groups in total. The van der Waals surface area contributed by atoms with Gasteiger partial charge in [0.1, 0.15) is 0 Å². The Balaban J connectivity index is 1.58. The van der Waals surface area contributed by atoms with E-state index in [0.29, 0.717) is 47.0 Å². The van der Waals surface area contributed by atoms with E-state index in [0.717, 1.165) is 13.1 Å². The van der Waals surface area contributed by atoms with Crippen LogP contribution in [0.25, 0.3) is 0 Å². The van der Waals surface area contributed by atoms with Crippen molar-refractivity contribution in [3.63, 3.8) is 0 Å². The van der Waals surface area contributed by atoms with Crippen LogP contribution in [-0.2, 0) is 13.1 Å². The zero-order valence-electron chi connectivity index (χ0n) is 12.9. The van der Waals surface area contributed by atoms with Crippen LogP contribution in [-0.4, -0.2) is 52.0 Å². The predicted molar refractivity (Wildman–Crippen MR) is 89.8 cm³/mol. The highest BCUT2D eigenvalue weighted by atomic mass is 35.5. The van der Waals surface area contributed by atoms with Gasteiger partial charge in [-0.3, -0.25) is 9.69 Å². The van der Waals surface area contributed by atoms with Crippen molar-refractivity contribution in [3.05, 3.63) is 45.5 Å². The normalized spacial score (nSPS) is 15.7. The molecule has 24 heavy (non-hydrogen) atoms. The second kappa shape index (κ2) is 7.48. The molecular weight excluding hydrogens is 353 g/mol. The molecule has 0 radical (unpaired) electrons. The molecule has 128 valence electrons. The van der Waals surface area contributed by atoms with Crippen molar-refractivity contribution >= 4 is 29.1 Å². The van der Waals surface area contributed by atoms with Gasteiger partial charge in [0, 0.05) is 26.2 Å². The van der Waals surface area contributed by atoms with Crippen molar-refractivity contribution in [1.29, 1.82) is 0 Å². The van der Waals surface area contributed by atoms with Gasteiger partial charge in [-0.2, -0.15) is 4.98 Å². The molecule has 1 aromatic carbocycles. The molecule has 1 fully saturated rings. The van der Waals surface area contributed by atoms with E-state index in [2.05, 4.69) is 15.0 Å². The summed E-state index contributed by atoms with van der Waals surface area (Å²) in [7, 11) is 0. The molecule has 1 saturated heterocycles. The van der Waals surface area contributed by atoms with Crippen LogP contribution in [0.1, 0.15) is 22.1 Å². The van der Waals surface area contributed by atoms with E-state index in [1.165, 1.54) is 0 Å². The van der Waals surface area contributed by atoms with Crippen molar-refractivity contribution < 1.29 is 9.32 Å². The second-order valence-corrected chi connectivity index (χ2v) is 6.26. The Bertz CT molecular complexity index is 728. The number of carbonyl (C=O) groups excluding carboxylic acids is 1. The zero-order chi connectivity index (χ0) is 17.1. The largest absolute Gasteiger partial charge is 0.338 e. The van der Waals surface area contributed by atoms with Crippen molar-refractivity contribution in [2.24, 2.45) is 5.73 Å². The van der Waals surface area contributed by atoms with Gasteiger partial charge in [-0.1, -0.05) is 34.4 Å². The zero-order valence-corrected chi connectivity index (χ0v) is 14.4. The SMILES string of the molecule is NCc1nc(CN2CCN(C(=O)c3cccc(Cl)c3Cl)CC2)no1. The first-order valence-corrected chi connectivity index (χ1v) is 8.31. The van der Waals surface area contributed by atoms with Gasteiger partial charge in [-0.15, -0.1) is 0 Å². The number of rotatable bonds is 4. The fourth-order valence-electron chi connectivity index (χ4n) is 2.59. The standard InChI is InChI=1S/C15H17Cl2N5O2/c16-11-3-1-2-10(14(11)17)15(23)22-6-4-21(5-7-22)9-12-19-13(8-18)24-20-12/h1-3H,4-9,18H2. The number of halogens is 2. The average Bonchev–Trinajstić information content (AvgIpc) is 3.05. The topological polar surface area (TPSA) is 88.5 Å². The van der Waals surface area contributed by atoms with E-state index in [1.807, 2.05) is 0 Å². The Labute approximate surface area is 149 Å². The Kier molecular flexibility index (Phi) is 5.35. The Morgan fingerprint density at radius 3 is 2.67 bits per heavy atom. The Morgan fingerprint density at radius 2 is 2.00 bits per heavy atom. The number of aromatic nitrogens is 2. The monoisotopic (exact) mass is 369 g/mol. The van der Waals surface area contributed by atoms with E-state index < -0.39 is 0 Å². The lowest BCUT2D eigenvalue weighted by atomic mass is 10.1. The third kappa shape index (κ3) is 3.70. The molecule has 7 nitrogen and oxygen atoms in total. The molecule has 3 rings (SSSR count). The molecule has 0 bridgehead atoms. The van der Waals surface area contributed by atoms with Crippen LogP contribution in [0, 0.1) is 0 Å². The minimum absolute atomic E-state index is 0.105. The molecule has 0 spiro atoms. The first-order valence-electron chi connectivity index (χ1n) is 7.55. The molecule has 0 saturated carbocycles. The van der Waals surface area contributed by atoms with E-state index >= 15 is 0 Å². The molecule has 0 aliphatic carbocycles. The number of benzene rings is 1. The van der Waals surface area contributed by atoms with Gasteiger partial charge in [-0.25, -0.2) is 0 Å². The lowest BCUT2D eigenvalue weighted by molar-refractivity contribution is 0.0624. The van der Waals surface area contributed by atoms with Gasteiger partial charge in [-0.05, 0) is 12.1 Å². The second-order valence-electron chi connectivity index (χ2n) is 5.48. The maximum absolute atomic E-state index is 12.6. The first-order chi connectivity index (χ1) is 11.6. The summed E-state index contributed by atoms with van der Waals surface area (Å²) in [5, 5.41) is 4.57. The van der Waals surface area contributed by atoms with Crippen molar-refractivity contribution in [2.75, 3.05) is 26.2 Å². The summed E-state index contributed by atoms with van der Waals surface area (Å²) >= 11 is 12.1. The molecule has 0 unspecified atom stereocenters. The summed E-state index contributed by atoms with van der Waals surface area (Å²) in [5.41, 5.74) is 5.89. The fraction of sp³-hybridized carbons (Fsp3) is 0.400. The van der Waals surface area contributed by atoms with Crippen LogP contribution in [0.15, 0.2) is 22.7 Å². The number of hydrogen-bond acceptors (Lipinski definition) is 6. The highest BCUT2D eigenvalue weighted by Gasteiger charge is 2.25. The van der Waals surface area contributed by atoms with Gasteiger partial charge in [0.05, 0.1) is 28.7 Å². The first kappa shape index (κ1) is 17.2. The third-order valence-corrected chi connectivity index (χ3v) is 4.71. The quantitative estimate of drug-likeness (QED) is 0.883. The summed E-state index contributed by atoms with van der Waals surface area (Å²) < 4.78 is 4.99. The number of nitrogens with zero attached hydrogens (tertiary/aromatic N) is 4. The van der Waals surface area contributed by atoms with Crippen molar-refractivity contribution in [1.82, 2.24) is 19.9 Å². The third-order valence-electron chi connectivity index (χ3n) is 3.89. The van der Waals surface area contributed by atoms with Crippen LogP contribution < -0.4 is 5.73 Å². The minimum atomic E-state index is -0.105. The summed E-state index contributed by atoms with van der Waals surface area (Å²) in [6.07, 6.45) is 0. The molecule has 1 aliphatic heterocycles. The van der Waals surface area contributed by atoms with Gasteiger partial charge in [0.2, 0.25) is 5.89 Å².